The van der Waals surface area contributed by atoms with Gasteiger partial charge in [-0.15, -0.1) is 0 Å². The van der Waals surface area contributed by atoms with Gasteiger partial charge in [0, 0.05) is 0 Å². The van der Waals surface area contributed by atoms with E-state index in [9.17, 15) is 29.2 Å². The highest BCUT2D eigenvalue weighted by Crippen LogP contribution is 2.40. The fraction of sp³-hybridized carbons (Fsp3) is 0.467. The maximum atomic E-state index is 13.1. The molecule has 2 rings (SSSR count). The second-order valence-corrected chi connectivity index (χ2v) is 6.02. The van der Waals surface area contributed by atoms with Crippen molar-refractivity contribution in [1.82, 2.24) is 5.32 Å². The highest BCUT2D eigenvalue weighted by molar-refractivity contribution is 6.00. The van der Waals surface area contributed by atoms with Gasteiger partial charge in [-0.25, -0.2) is 9.18 Å². The third-order valence-electron chi connectivity index (χ3n) is 4.37. The van der Waals surface area contributed by atoms with E-state index in [0.29, 0.717) is 18.9 Å². The number of halogens is 1. The van der Waals surface area contributed by atoms with Gasteiger partial charge in [0.25, 0.3) is 11.6 Å². The molecule has 1 atom stereocenters. The fourth-order valence-electron chi connectivity index (χ4n) is 3.06. The number of nitrogens with zero attached hydrogens (tertiary/aromatic N) is 1. The van der Waals surface area contributed by atoms with Crippen LogP contribution in [0.3, 0.4) is 0 Å². The quantitative estimate of drug-likeness (QED) is 0.639. The topological polar surface area (TPSA) is 110 Å². The van der Waals surface area contributed by atoms with Crippen molar-refractivity contribution in [2.75, 3.05) is 0 Å². The molecule has 1 fully saturated rings. The van der Waals surface area contributed by atoms with Crippen LogP contribution in [0.2, 0.25) is 0 Å². The van der Waals surface area contributed by atoms with Gasteiger partial charge in [0.2, 0.25) is 0 Å². The number of nitrogens with one attached hydrogen (secondary N) is 1. The third-order valence-corrected chi connectivity index (χ3v) is 4.37. The molecule has 1 aliphatic carbocycles. The highest BCUT2D eigenvalue weighted by atomic mass is 19.1. The van der Waals surface area contributed by atoms with Crippen LogP contribution < -0.4 is 5.32 Å². The van der Waals surface area contributed by atoms with E-state index in [4.69, 9.17) is 0 Å². The van der Waals surface area contributed by atoms with Gasteiger partial charge >= 0.3 is 5.97 Å². The number of rotatable bonds is 5. The minimum atomic E-state index is -1.19. The number of carboxylic acid groups (broad SMARTS) is 1. The van der Waals surface area contributed by atoms with Gasteiger partial charge in [0.1, 0.15) is 17.4 Å². The second kappa shape index (κ2) is 6.31. The van der Waals surface area contributed by atoms with Crippen molar-refractivity contribution < 1.29 is 24.0 Å². The average molecular weight is 324 g/mol. The van der Waals surface area contributed by atoms with Crippen LogP contribution in [0.5, 0.6) is 0 Å². The normalized spacial score (nSPS) is 17.5. The molecular weight excluding hydrogens is 307 g/mol. The van der Waals surface area contributed by atoms with Crippen LogP contribution in [-0.4, -0.2) is 27.9 Å². The smallest absolute Gasteiger partial charge is 0.326 e. The Balaban J connectivity index is 2.30. The van der Waals surface area contributed by atoms with Crippen molar-refractivity contribution in [3.63, 3.8) is 0 Å². The Bertz CT molecular complexity index is 655. The number of hydrogen-bond donors (Lipinski definition) is 2. The molecule has 0 radical (unpaired) electrons. The van der Waals surface area contributed by atoms with Crippen molar-refractivity contribution in [3.05, 3.63) is 39.7 Å². The summed E-state index contributed by atoms with van der Waals surface area (Å²) in [6.45, 7) is 1.78. The zero-order valence-electron chi connectivity index (χ0n) is 12.5. The molecule has 1 saturated carbocycles. The molecule has 1 aromatic carbocycles. The lowest BCUT2D eigenvalue weighted by atomic mass is 9.80. The molecule has 23 heavy (non-hydrogen) atoms. The summed E-state index contributed by atoms with van der Waals surface area (Å²) in [5.41, 5.74) is -1.65. The summed E-state index contributed by atoms with van der Waals surface area (Å²) in [5.74, 6) is -2.92. The summed E-state index contributed by atoms with van der Waals surface area (Å²) in [6, 6.07) is 1.40. The van der Waals surface area contributed by atoms with Crippen molar-refractivity contribution in [1.29, 1.82) is 0 Å². The first-order chi connectivity index (χ1) is 10.7. The van der Waals surface area contributed by atoms with Crippen LogP contribution in [0.1, 0.15) is 43.0 Å². The van der Waals surface area contributed by atoms with Gasteiger partial charge in [0.05, 0.1) is 11.0 Å². The second-order valence-electron chi connectivity index (χ2n) is 6.02. The van der Waals surface area contributed by atoms with Crippen molar-refractivity contribution in [2.24, 2.45) is 5.41 Å². The van der Waals surface area contributed by atoms with Crippen molar-refractivity contribution in [2.45, 2.75) is 38.6 Å². The van der Waals surface area contributed by atoms with Gasteiger partial charge in [-0.1, -0.05) is 19.8 Å². The lowest BCUT2D eigenvalue weighted by Gasteiger charge is -2.31. The molecule has 124 valence electrons. The number of carboxylic acids is 1. The summed E-state index contributed by atoms with van der Waals surface area (Å²) in [7, 11) is 0. The molecule has 0 bridgehead atoms. The number of amides is 1. The van der Waals surface area contributed by atoms with Gasteiger partial charge in [0.15, 0.2) is 0 Å². The number of benzene rings is 1. The third kappa shape index (κ3) is 3.46. The molecular formula is C15H17FN2O5. The predicted molar refractivity (Wildman–Crippen MR) is 78.5 cm³/mol. The highest BCUT2D eigenvalue weighted by Gasteiger charge is 2.42. The number of nitro groups is 1. The molecule has 8 heteroatoms. The van der Waals surface area contributed by atoms with Crippen LogP contribution in [0, 0.1) is 21.3 Å². The molecule has 0 aliphatic heterocycles. The van der Waals surface area contributed by atoms with E-state index in [1.54, 1.807) is 6.92 Å². The zero-order chi connectivity index (χ0) is 17.2. The summed E-state index contributed by atoms with van der Waals surface area (Å²) < 4.78 is 13.1. The molecule has 1 aliphatic rings. The minimum Gasteiger partial charge on any atom is -0.480 e. The summed E-state index contributed by atoms with van der Waals surface area (Å²) in [6.07, 6.45) is 3.03. The maximum Gasteiger partial charge on any atom is 0.326 e. The molecule has 0 spiro atoms. The van der Waals surface area contributed by atoms with Gasteiger partial charge < -0.3 is 10.4 Å². The van der Waals surface area contributed by atoms with Crippen LogP contribution in [0.15, 0.2) is 18.2 Å². The van der Waals surface area contributed by atoms with Crippen molar-refractivity contribution >= 4 is 17.6 Å². The number of carbonyl (C=O) groups is 2. The predicted octanol–water partition coefficient (Wildman–Crippen LogP) is 2.50. The van der Waals surface area contributed by atoms with Gasteiger partial charge in [-0.2, -0.15) is 0 Å². The largest absolute Gasteiger partial charge is 0.480 e. The zero-order valence-corrected chi connectivity index (χ0v) is 12.5. The summed E-state index contributed by atoms with van der Waals surface area (Å²) in [4.78, 5) is 33.9. The lowest BCUT2D eigenvalue weighted by molar-refractivity contribution is -0.385. The van der Waals surface area contributed by atoms with E-state index in [2.05, 4.69) is 5.32 Å². The number of aliphatic carboxylic acids is 1. The Morgan fingerprint density at radius 1 is 1.39 bits per heavy atom. The van der Waals surface area contributed by atoms with Crippen LogP contribution in [0.25, 0.3) is 0 Å². The monoisotopic (exact) mass is 324 g/mol. The van der Waals surface area contributed by atoms with E-state index < -0.39 is 39.8 Å². The standard InChI is InChI=1S/C15H17FN2O5/c1-15(6-2-3-7-15)12(14(20)21)17-13(19)10-5-4-9(16)8-11(10)18(22)23/h4-5,8,12H,2-3,6-7H2,1H3,(H,17,19)(H,20,21)/t12-/m1/s1. The summed E-state index contributed by atoms with van der Waals surface area (Å²) in [5, 5.41) is 22.7. The van der Waals surface area contributed by atoms with Crippen LogP contribution in [-0.2, 0) is 4.79 Å². The lowest BCUT2D eigenvalue weighted by Crippen LogP contribution is -2.50. The number of nitro benzene ring substituents is 1. The Morgan fingerprint density at radius 3 is 2.52 bits per heavy atom. The van der Waals surface area contributed by atoms with E-state index in [1.165, 1.54) is 0 Å². The Hall–Kier alpha value is -2.51. The Labute approximate surface area is 131 Å². The number of carbonyl (C=O) groups excluding carboxylic acids is 1. The first-order valence-electron chi connectivity index (χ1n) is 7.22. The number of hydrogen-bond acceptors (Lipinski definition) is 4. The fourth-order valence-corrected chi connectivity index (χ4v) is 3.06. The maximum absolute atomic E-state index is 13.1. The van der Waals surface area contributed by atoms with E-state index in [1.807, 2.05) is 0 Å². The average Bonchev–Trinajstić information content (AvgIpc) is 2.91. The van der Waals surface area contributed by atoms with E-state index >= 15 is 0 Å². The summed E-state index contributed by atoms with van der Waals surface area (Å²) >= 11 is 0. The molecule has 7 nitrogen and oxygen atoms in total. The first-order valence-corrected chi connectivity index (χ1v) is 7.22. The Kier molecular flexibility index (Phi) is 4.63. The Morgan fingerprint density at radius 2 is 2.00 bits per heavy atom. The minimum absolute atomic E-state index is 0.357. The van der Waals surface area contributed by atoms with E-state index in [0.717, 1.165) is 25.0 Å². The molecule has 1 amide bonds. The van der Waals surface area contributed by atoms with Gasteiger partial charge in [-0.3, -0.25) is 14.9 Å². The molecule has 0 unspecified atom stereocenters. The molecule has 0 aromatic heterocycles. The van der Waals surface area contributed by atoms with Gasteiger partial charge in [-0.05, 0) is 30.4 Å². The molecule has 0 saturated heterocycles. The van der Waals surface area contributed by atoms with Crippen LogP contribution >= 0.6 is 0 Å². The molecule has 2 N–H and O–H groups in total. The van der Waals surface area contributed by atoms with Crippen LogP contribution in [0.4, 0.5) is 10.1 Å². The first kappa shape index (κ1) is 16.9. The molecule has 1 aromatic rings. The van der Waals surface area contributed by atoms with E-state index in [-0.39, 0.29) is 5.56 Å². The SMILES string of the molecule is CC1([C@H](NC(=O)c2ccc(F)cc2[N+](=O)[O-])C(=O)O)CCCC1. The van der Waals surface area contributed by atoms with Crippen molar-refractivity contribution in [3.8, 4) is 0 Å². The molecule has 0 heterocycles.